The molecule has 144 valence electrons. The molecule has 4 nitrogen and oxygen atoms in total. The summed E-state index contributed by atoms with van der Waals surface area (Å²) >= 11 is 9.88. The molecule has 2 heterocycles. The molecule has 0 unspecified atom stereocenters. The molecule has 1 saturated heterocycles. The Morgan fingerprint density at radius 2 is 1.86 bits per heavy atom. The van der Waals surface area contributed by atoms with Crippen LogP contribution in [-0.4, -0.2) is 22.3 Å². The second kappa shape index (κ2) is 8.14. The number of rotatable bonds is 5. The van der Waals surface area contributed by atoms with E-state index in [2.05, 4.69) is 43.3 Å². The first-order valence-corrected chi connectivity index (χ1v) is 11.3. The number of nitrogens with one attached hydrogen (secondary N) is 1. The third-order valence-corrected chi connectivity index (χ3v) is 6.89. The summed E-state index contributed by atoms with van der Waals surface area (Å²) in [4.78, 5) is 10.3. The summed E-state index contributed by atoms with van der Waals surface area (Å²) in [7, 11) is 0. The van der Waals surface area contributed by atoms with E-state index in [0.717, 1.165) is 33.6 Å². The molecule has 0 spiro atoms. The van der Waals surface area contributed by atoms with Gasteiger partial charge in [0.2, 0.25) is 0 Å². The zero-order chi connectivity index (χ0) is 19.6. The number of nitrogens with zero attached hydrogens (tertiary/aromatic N) is 3. The Morgan fingerprint density at radius 1 is 1.03 bits per heavy atom. The van der Waals surface area contributed by atoms with Gasteiger partial charge in [0.15, 0.2) is 5.82 Å². The zero-order valence-electron chi connectivity index (χ0n) is 15.4. The lowest BCUT2D eigenvalue weighted by Gasteiger charge is -2.31. The third kappa shape index (κ3) is 4.01. The van der Waals surface area contributed by atoms with Gasteiger partial charge in [0, 0.05) is 45.7 Å². The Bertz CT molecular complexity index is 1160. The van der Waals surface area contributed by atoms with Crippen LogP contribution in [0.2, 0.25) is 5.02 Å². The van der Waals surface area contributed by atoms with E-state index >= 15 is 0 Å². The van der Waals surface area contributed by atoms with E-state index in [0.29, 0.717) is 10.8 Å². The zero-order valence-corrected chi connectivity index (χ0v) is 17.8. The standard InChI is InChI=1S/C22H17ClN4S2/c23-20-10-5-16(26-29-18-8-6-17(7-9-18)27-11-12-28-27)13-19(20)22-24-14-15-3-1-2-4-21(15)25-22/h1-10,13-14,26H,11-12H2. The van der Waals surface area contributed by atoms with Crippen molar-refractivity contribution in [1.29, 1.82) is 0 Å². The molecule has 0 radical (unpaired) electrons. The molecule has 0 atom stereocenters. The highest BCUT2D eigenvalue weighted by atomic mass is 35.5. The van der Waals surface area contributed by atoms with Crippen molar-refractivity contribution >= 4 is 57.8 Å². The summed E-state index contributed by atoms with van der Waals surface area (Å²) in [6, 6.07) is 22.4. The van der Waals surface area contributed by atoms with Gasteiger partial charge in [0.05, 0.1) is 10.5 Å². The van der Waals surface area contributed by atoms with Gasteiger partial charge in [-0.05, 0) is 72.4 Å². The van der Waals surface area contributed by atoms with Crippen LogP contribution >= 0.6 is 35.5 Å². The number of halogens is 1. The molecular formula is C22H17ClN4S2. The third-order valence-electron chi connectivity index (χ3n) is 4.65. The van der Waals surface area contributed by atoms with Crippen LogP contribution in [0.3, 0.4) is 0 Å². The van der Waals surface area contributed by atoms with Crippen LogP contribution in [0.15, 0.2) is 77.8 Å². The van der Waals surface area contributed by atoms with Gasteiger partial charge in [0.1, 0.15) is 0 Å². The van der Waals surface area contributed by atoms with Crippen molar-refractivity contribution < 1.29 is 0 Å². The van der Waals surface area contributed by atoms with E-state index in [-0.39, 0.29) is 0 Å². The number of anilines is 2. The minimum absolute atomic E-state index is 0.624. The van der Waals surface area contributed by atoms with Gasteiger partial charge in [-0.3, -0.25) is 0 Å². The summed E-state index contributed by atoms with van der Waals surface area (Å²) < 4.78 is 5.70. The molecule has 0 amide bonds. The fraction of sp³-hybridized carbons (Fsp3) is 0.0909. The van der Waals surface area contributed by atoms with Gasteiger partial charge in [-0.25, -0.2) is 9.97 Å². The Balaban J connectivity index is 1.34. The van der Waals surface area contributed by atoms with Crippen molar-refractivity contribution in [2.75, 3.05) is 21.3 Å². The largest absolute Gasteiger partial charge is 0.326 e. The first-order chi connectivity index (χ1) is 14.3. The fourth-order valence-corrected chi connectivity index (χ4v) is 4.52. The summed E-state index contributed by atoms with van der Waals surface area (Å²) in [5.41, 5.74) is 3.93. The van der Waals surface area contributed by atoms with Crippen molar-refractivity contribution in [3.05, 3.63) is 77.9 Å². The topological polar surface area (TPSA) is 41.0 Å². The molecule has 3 aromatic carbocycles. The van der Waals surface area contributed by atoms with Crippen LogP contribution in [0.25, 0.3) is 22.3 Å². The van der Waals surface area contributed by atoms with Crippen LogP contribution in [0.4, 0.5) is 11.4 Å². The van der Waals surface area contributed by atoms with E-state index in [9.17, 15) is 0 Å². The molecule has 29 heavy (non-hydrogen) atoms. The molecule has 5 rings (SSSR count). The summed E-state index contributed by atoms with van der Waals surface area (Å²) in [5, 5.41) is 1.64. The maximum Gasteiger partial charge on any atom is 0.161 e. The minimum Gasteiger partial charge on any atom is -0.326 e. The van der Waals surface area contributed by atoms with Crippen LogP contribution in [0.5, 0.6) is 0 Å². The number of fused-ring (bicyclic) bond motifs is 1. The number of para-hydroxylation sites is 1. The van der Waals surface area contributed by atoms with Gasteiger partial charge in [-0.2, -0.15) is 0 Å². The second-order valence-corrected chi connectivity index (χ2v) is 8.97. The van der Waals surface area contributed by atoms with Gasteiger partial charge in [-0.15, -0.1) is 0 Å². The lowest BCUT2D eigenvalue weighted by molar-refractivity contribution is 1.06. The second-order valence-electron chi connectivity index (χ2n) is 6.58. The number of hydrogen-bond donors (Lipinski definition) is 1. The van der Waals surface area contributed by atoms with Gasteiger partial charge in [-0.1, -0.05) is 29.8 Å². The average Bonchev–Trinajstić information content (AvgIpc) is 2.72. The van der Waals surface area contributed by atoms with Crippen LogP contribution in [-0.2, 0) is 0 Å². The summed E-state index contributed by atoms with van der Waals surface area (Å²) in [5.74, 6) is 1.83. The SMILES string of the molecule is Clc1ccc(NSc2ccc(N3CCS3)cc2)cc1-c1ncc2ccccc2n1. The average molecular weight is 437 g/mol. The van der Waals surface area contributed by atoms with E-state index in [1.54, 1.807) is 11.9 Å². The molecule has 0 saturated carbocycles. The summed E-state index contributed by atoms with van der Waals surface area (Å²) in [6.45, 7) is 1.12. The molecule has 1 aliphatic rings. The van der Waals surface area contributed by atoms with E-state index < -0.39 is 0 Å². The van der Waals surface area contributed by atoms with E-state index in [1.165, 1.54) is 11.4 Å². The first kappa shape index (κ1) is 18.6. The van der Waals surface area contributed by atoms with Crippen molar-refractivity contribution in [1.82, 2.24) is 9.97 Å². The smallest absolute Gasteiger partial charge is 0.161 e. The highest BCUT2D eigenvalue weighted by Gasteiger charge is 2.15. The monoisotopic (exact) mass is 436 g/mol. The Hall–Kier alpha value is -2.41. The molecule has 0 aliphatic carbocycles. The first-order valence-electron chi connectivity index (χ1n) is 9.21. The fourth-order valence-electron chi connectivity index (χ4n) is 3.05. The number of hydrogen-bond acceptors (Lipinski definition) is 6. The Labute approximate surface area is 183 Å². The number of benzene rings is 3. The van der Waals surface area contributed by atoms with Gasteiger partial charge >= 0.3 is 0 Å². The van der Waals surface area contributed by atoms with Crippen molar-refractivity contribution in [3.63, 3.8) is 0 Å². The van der Waals surface area contributed by atoms with Crippen molar-refractivity contribution in [2.45, 2.75) is 4.90 Å². The van der Waals surface area contributed by atoms with Gasteiger partial charge < -0.3 is 9.03 Å². The normalized spacial score (nSPS) is 13.3. The maximum atomic E-state index is 6.44. The highest BCUT2D eigenvalue weighted by Crippen LogP contribution is 2.33. The van der Waals surface area contributed by atoms with E-state index in [4.69, 9.17) is 11.6 Å². The summed E-state index contributed by atoms with van der Waals surface area (Å²) in [6.07, 6.45) is 1.83. The molecule has 7 heteroatoms. The van der Waals surface area contributed by atoms with Crippen molar-refractivity contribution in [2.24, 2.45) is 0 Å². The molecule has 1 aromatic heterocycles. The maximum absolute atomic E-state index is 6.44. The Kier molecular flexibility index (Phi) is 5.23. The predicted molar refractivity (Wildman–Crippen MR) is 126 cm³/mol. The highest BCUT2D eigenvalue weighted by molar-refractivity contribution is 8.02. The van der Waals surface area contributed by atoms with Crippen LogP contribution < -0.4 is 9.03 Å². The number of aromatic nitrogens is 2. The van der Waals surface area contributed by atoms with E-state index in [1.807, 2.05) is 60.6 Å². The molecular weight excluding hydrogens is 420 g/mol. The molecule has 1 N–H and O–H groups in total. The van der Waals surface area contributed by atoms with Crippen LogP contribution in [0, 0.1) is 0 Å². The molecule has 1 fully saturated rings. The minimum atomic E-state index is 0.624. The van der Waals surface area contributed by atoms with Gasteiger partial charge in [0.25, 0.3) is 0 Å². The van der Waals surface area contributed by atoms with Crippen LogP contribution in [0.1, 0.15) is 0 Å². The predicted octanol–water partition coefficient (Wildman–Crippen LogP) is 6.54. The van der Waals surface area contributed by atoms with Crippen molar-refractivity contribution in [3.8, 4) is 11.4 Å². The lowest BCUT2D eigenvalue weighted by atomic mass is 10.1. The Morgan fingerprint density at radius 3 is 2.66 bits per heavy atom. The quantitative estimate of drug-likeness (QED) is 0.358. The molecule has 4 aromatic rings. The lowest BCUT2D eigenvalue weighted by Crippen LogP contribution is -2.28. The molecule has 1 aliphatic heterocycles. The molecule has 0 bridgehead atoms.